The lowest BCUT2D eigenvalue weighted by atomic mass is 9.98. The average molecular weight is 315 g/mol. The molecule has 0 aromatic carbocycles. The number of aromatic carboxylic acids is 1. The van der Waals surface area contributed by atoms with Crippen molar-refractivity contribution in [3.05, 3.63) is 22.3 Å². The van der Waals surface area contributed by atoms with Gasteiger partial charge >= 0.3 is 5.97 Å². The molecule has 1 aromatic rings. The number of carboxylic acids is 1. The number of nitrogens with zero attached hydrogens (tertiary/aromatic N) is 2. The first-order valence-corrected chi connectivity index (χ1v) is 6.65. The Hall–Kier alpha value is -1.14. The highest BCUT2D eigenvalue weighted by molar-refractivity contribution is 9.10. The van der Waals surface area contributed by atoms with E-state index in [4.69, 9.17) is 0 Å². The Morgan fingerprint density at radius 1 is 1.61 bits per heavy atom. The van der Waals surface area contributed by atoms with Crippen LogP contribution in [0.25, 0.3) is 0 Å². The molecule has 0 spiro atoms. The molecule has 2 rings (SSSR count). The third kappa shape index (κ3) is 2.81. The molecule has 0 aliphatic carbocycles. The molecule has 1 atom stereocenters. The number of aliphatic hydroxyl groups excluding tert-OH is 1. The quantitative estimate of drug-likeness (QED) is 0.889. The number of rotatable bonds is 3. The number of carboxylic acid groups (broad SMARTS) is 1. The van der Waals surface area contributed by atoms with Crippen molar-refractivity contribution in [3.63, 3.8) is 0 Å². The predicted molar refractivity (Wildman–Crippen MR) is 70.9 cm³/mol. The zero-order chi connectivity index (χ0) is 13.1. The van der Waals surface area contributed by atoms with Gasteiger partial charge in [-0.05, 0) is 40.8 Å². The topological polar surface area (TPSA) is 73.7 Å². The fourth-order valence-electron chi connectivity index (χ4n) is 2.25. The molecule has 5 nitrogen and oxygen atoms in total. The van der Waals surface area contributed by atoms with Crippen LogP contribution >= 0.6 is 15.9 Å². The Kier molecular flexibility index (Phi) is 4.19. The van der Waals surface area contributed by atoms with Crippen LogP contribution in [0, 0.1) is 5.92 Å². The Labute approximate surface area is 114 Å². The molecule has 1 fully saturated rings. The summed E-state index contributed by atoms with van der Waals surface area (Å²) in [6, 6.07) is 1.56. The number of aromatic nitrogens is 1. The lowest BCUT2D eigenvalue weighted by Gasteiger charge is -2.33. The van der Waals surface area contributed by atoms with Gasteiger partial charge in [0, 0.05) is 30.4 Å². The summed E-state index contributed by atoms with van der Waals surface area (Å²) >= 11 is 3.23. The molecule has 1 aliphatic rings. The Morgan fingerprint density at radius 3 is 3.06 bits per heavy atom. The highest BCUT2D eigenvalue weighted by atomic mass is 79.9. The number of halogens is 1. The van der Waals surface area contributed by atoms with Crippen LogP contribution in [0.4, 0.5) is 5.82 Å². The third-order valence-corrected chi connectivity index (χ3v) is 3.57. The summed E-state index contributed by atoms with van der Waals surface area (Å²) in [7, 11) is 0. The number of carbonyl (C=O) groups is 1. The molecule has 6 heteroatoms. The second-order valence-electron chi connectivity index (χ2n) is 4.47. The van der Waals surface area contributed by atoms with Crippen LogP contribution in [0.1, 0.15) is 23.2 Å². The Bertz CT molecular complexity index is 453. The third-order valence-electron chi connectivity index (χ3n) is 3.14. The van der Waals surface area contributed by atoms with Crippen molar-refractivity contribution >= 4 is 27.7 Å². The van der Waals surface area contributed by atoms with E-state index in [-0.39, 0.29) is 18.1 Å². The van der Waals surface area contributed by atoms with Crippen LogP contribution in [-0.2, 0) is 0 Å². The van der Waals surface area contributed by atoms with Crippen molar-refractivity contribution in [2.24, 2.45) is 5.92 Å². The first kappa shape index (κ1) is 13.3. The van der Waals surface area contributed by atoms with Gasteiger partial charge in [-0.25, -0.2) is 9.78 Å². The summed E-state index contributed by atoms with van der Waals surface area (Å²) < 4.78 is 0.652. The highest BCUT2D eigenvalue weighted by Crippen LogP contribution is 2.26. The van der Waals surface area contributed by atoms with Crippen molar-refractivity contribution in [1.82, 2.24) is 4.98 Å². The number of aliphatic hydroxyl groups is 1. The molecule has 1 aliphatic heterocycles. The van der Waals surface area contributed by atoms with Gasteiger partial charge in [-0.1, -0.05) is 0 Å². The van der Waals surface area contributed by atoms with E-state index in [9.17, 15) is 15.0 Å². The molecule has 0 amide bonds. The summed E-state index contributed by atoms with van der Waals surface area (Å²) in [5.74, 6) is -0.292. The van der Waals surface area contributed by atoms with Gasteiger partial charge < -0.3 is 15.1 Å². The van der Waals surface area contributed by atoms with Gasteiger partial charge in [-0.3, -0.25) is 0 Å². The molecule has 0 radical (unpaired) electrons. The normalized spacial score (nSPS) is 19.9. The minimum Gasteiger partial charge on any atom is -0.478 e. The minimum atomic E-state index is -0.982. The summed E-state index contributed by atoms with van der Waals surface area (Å²) in [6.07, 6.45) is 3.53. The van der Waals surface area contributed by atoms with E-state index in [1.165, 1.54) is 0 Å². The van der Waals surface area contributed by atoms with Crippen LogP contribution in [-0.4, -0.2) is 40.9 Å². The van der Waals surface area contributed by atoms with Crippen molar-refractivity contribution in [3.8, 4) is 0 Å². The average Bonchev–Trinajstić information content (AvgIpc) is 2.38. The fourth-order valence-corrected chi connectivity index (χ4v) is 2.58. The lowest BCUT2D eigenvalue weighted by molar-refractivity contribution is 0.0697. The van der Waals surface area contributed by atoms with E-state index in [0.29, 0.717) is 16.8 Å². The maximum Gasteiger partial charge on any atom is 0.339 e. The van der Waals surface area contributed by atoms with Gasteiger partial charge in [0.1, 0.15) is 11.4 Å². The predicted octanol–water partition coefficient (Wildman–Crippen LogP) is 1.75. The number of piperidine rings is 1. The van der Waals surface area contributed by atoms with E-state index in [2.05, 4.69) is 20.9 Å². The number of pyridine rings is 1. The maximum absolute atomic E-state index is 11.2. The number of anilines is 1. The van der Waals surface area contributed by atoms with Crippen LogP contribution in [0.15, 0.2) is 16.7 Å². The van der Waals surface area contributed by atoms with Crippen molar-refractivity contribution < 1.29 is 15.0 Å². The molecular formula is C12H15BrN2O3. The zero-order valence-corrected chi connectivity index (χ0v) is 11.4. The van der Waals surface area contributed by atoms with Crippen LogP contribution in [0.5, 0.6) is 0 Å². The SMILES string of the molecule is O=C(O)c1cc(Br)cnc1N1CCCC(CO)C1. The molecule has 1 saturated heterocycles. The van der Waals surface area contributed by atoms with E-state index in [0.717, 1.165) is 19.4 Å². The minimum absolute atomic E-state index is 0.134. The molecular weight excluding hydrogens is 300 g/mol. The van der Waals surface area contributed by atoms with Crippen LogP contribution < -0.4 is 4.90 Å². The molecule has 0 saturated carbocycles. The van der Waals surface area contributed by atoms with Crippen molar-refractivity contribution in [2.45, 2.75) is 12.8 Å². The summed E-state index contributed by atoms with van der Waals surface area (Å²) in [6.45, 7) is 1.58. The monoisotopic (exact) mass is 314 g/mol. The second-order valence-corrected chi connectivity index (χ2v) is 5.38. The first-order chi connectivity index (χ1) is 8.61. The molecule has 98 valence electrons. The van der Waals surface area contributed by atoms with Crippen molar-refractivity contribution in [2.75, 3.05) is 24.6 Å². The van der Waals surface area contributed by atoms with E-state index in [1.807, 2.05) is 4.90 Å². The molecule has 1 aromatic heterocycles. The van der Waals surface area contributed by atoms with E-state index < -0.39 is 5.97 Å². The smallest absolute Gasteiger partial charge is 0.339 e. The van der Waals surface area contributed by atoms with Gasteiger partial charge in [0.25, 0.3) is 0 Å². The molecule has 2 heterocycles. The lowest BCUT2D eigenvalue weighted by Crippen LogP contribution is -2.38. The Morgan fingerprint density at radius 2 is 2.39 bits per heavy atom. The molecule has 2 N–H and O–H groups in total. The summed E-state index contributed by atoms with van der Waals surface area (Å²) in [4.78, 5) is 17.4. The van der Waals surface area contributed by atoms with Crippen molar-refractivity contribution in [1.29, 1.82) is 0 Å². The maximum atomic E-state index is 11.2. The zero-order valence-electron chi connectivity index (χ0n) is 9.84. The van der Waals surface area contributed by atoms with Gasteiger partial charge in [0.05, 0.1) is 0 Å². The fraction of sp³-hybridized carbons (Fsp3) is 0.500. The largest absolute Gasteiger partial charge is 0.478 e. The van der Waals surface area contributed by atoms with Crippen LogP contribution in [0.3, 0.4) is 0 Å². The van der Waals surface area contributed by atoms with Crippen LogP contribution in [0.2, 0.25) is 0 Å². The van der Waals surface area contributed by atoms with Gasteiger partial charge in [-0.2, -0.15) is 0 Å². The molecule has 18 heavy (non-hydrogen) atoms. The highest BCUT2D eigenvalue weighted by Gasteiger charge is 2.24. The number of hydrogen-bond acceptors (Lipinski definition) is 4. The van der Waals surface area contributed by atoms with E-state index >= 15 is 0 Å². The Balaban J connectivity index is 2.29. The second kappa shape index (κ2) is 5.67. The van der Waals surface area contributed by atoms with Gasteiger partial charge in [-0.15, -0.1) is 0 Å². The molecule has 1 unspecified atom stereocenters. The standard InChI is InChI=1S/C12H15BrN2O3/c13-9-4-10(12(17)18)11(14-5-9)15-3-1-2-8(6-15)7-16/h4-5,8,16H,1-3,6-7H2,(H,17,18). The van der Waals surface area contributed by atoms with E-state index in [1.54, 1.807) is 12.3 Å². The van der Waals surface area contributed by atoms with Gasteiger partial charge in [0.2, 0.25) is 0 Å². The molecule has 0 bridgehead atoms. The number of hydrogen-bond donors (Lipinski definition) is 2. The summed E-state index contributed by atoms with van der Waals surface area (Å²) in [5, 5.41) is 18.4. The first-order valence-electron chi connectivity index (χ1n) is 5.86. The van der Waals surface area contributed by atoms with Gasteiger partial charge in [0.15, 0.2) is 0 Å². The summed E-state index contributed by atoms with van der Waals surface area (Å²) in [5.41, 5.74) is 0.197.